The maximum atomic E-state index is 13.7. The van der Waals surface area contributed by atoms with E-state index in [1.807, 2.05) is 19.9 Å². The molecule has 0 aliphatic carbocycles. The molecule has 2 aromatic heterocycles. The smallest absolute Gasteiger partial charge is 0.312 e. The fourth-order valence-corrected chi connectivity index (χ4v) is 5.64. The van der Waals surface area contributed by atoms with Crippen molar-refractivity contribution in [3.8, 4) is 6.07 Å². The topological polar surface area (TPSA) is 134 Å². The lowest BCUT2D eigenvalue weighted by atomic mass is 9.97. The molecule has 0 saturated carbocycles. The third-order valence-corrected chi connectivity index (χ3v) is 7.42. The molecule has 1 saturated heterocycles. The quantitative estimate of drug-likeness (QED) is 0.285. The number of fused-ring (bicyclic) bond motifs is 2. The van der Waals surface area contributed by atoms with Gasteiger partial charge in [-0.15, -0.1) is 5.10 Å². The van der Waals surface area contributed by atoms with E-state index >= 15 is 0 Å². The minimum absolute atomic E-state index is 0.0724. The van der Waals surface area contributed by atoms with Gasteiger partial charge in [-0.1, -0.05) is 37.3 Å². The van der Waals surface area contributed by atoms with Gasteiger partial charge in [-0.25, -0.2) is 0 Å². The minimum atomic E-state index is -2.47. The Morgan fingerprint density at radius 1 is 1.20 bits per heavy atom. The summed E-state index contributed by atoms with van der Waals surface area (Å²) in [7, 11) is 0. The van der Waals surface area contributed by atoms with Gasteiger partial charge in [-0.3, -0.25) is 24.3 Å². The van der Waals surface area contributed by atoms with Gasteiger partial charge in [0.25, 0.3) is 5.91 Å². The lowest BCUT2D eigenvalue weighted by molar-refractivity contribution is -1.16. The number of thioether (sulfide) groups is 1. The highest BCUT2D eigenvalue weighted by molar-refractivity contribution is 8.13. The van der Waals surface area contributed by atoms with Crippen molar-refractivity contribution in [2.24, 2.45) is 0 Å². The van der Waals surface area contributed by atoms with E-state index < -0.39 is 42.5 Å². The predicted octanol–water partition coefficient (Wildman–Crippen LogP) is 3.87. The number of para-hydroxylation sites is 1. The minimum Gasteiger partial charge on any atom is -0.343 e. The second-order valence-electron chi connectivity index (χ2n) is 9.53. The van der Waals surface area contributed by atoms with E-state index in [0.29, 0.717) is 26.8 Å². The Morgan fingerprint density at radius 3 is 2.73 bits per heavy atom. The summed E-state index contributed by atoms with van der Waals surface area (Å²) in [6.45, 7) is 1.62. The van der Waals surface area contributed by atoms with Crippen molar-refractivity contribution in [3.63, 3.8) is 0 Å². The van der Waals surface area contributed by atoms with Crippen molar-refractivity contribution in [2.45, 2.75) is 30.7 Å². The van der Waals surface area contributed by atoms with Crippen LogP contribution in [-0.4, -0.2) is 72.7 Å². The van der Waals surface area contributed by atoms with E-state index in [1.165, 1.54) is 16.9 Å². The molecule has 4 aromatic rings. The molecule has 3 heterocycles. The van der Waals surface area contributed by atoms with E-state index in [-0.39, 0.29) is 16.7 Å². The Kier molecular flexibility index (Phi) is 7.17. The summed E-state index contributed by atoms with van der Waals surface area (Å²) < 4.78 is 28.6. The van der Waals surface area contributed by atoms with Gasteiger partial charge in [0.2, 0.25) is 12.6 Å². The Balaban J connectivity index is 1.39. The van der Waals surface area contributed by atoms with Gasteiger partial charge >= 0.3 is 5.24 Å². The van der Waals surface area contributed by atoms with E-state index in [4.69, 9.17) is 5.26 Å². The number of rotatable bonds is 5. The van der Waals surface area contributed by atoms with E-state index in [0.717, 1.165) is 22.2 Å². The predicted molar refractivity (Wildman–Crippen MR) is 141 cm³/mol. The number of aromatic nitrogens is 4. The normalized spacial score (nSPS) is 16.4. The Hall–Kier alpha value is -4.48. The first kappa shape index (κ1) is 27.1. The van der Waals surface area contributed by atoms with Crippen LogP contribution in [0.25, 0.3) is 21.9 Å². The van der Waals surface area contributed by atoms with Crippen molar-refractivity contribution < 1.29 is 28.3 Å². The Morgan fingerprint density at radius 2 is 1.98 bits per heavy atom. The first-order valence-corrected chi connectivity index (χ1v) is 13.1. The second kappa shape index (κ2) is 10.6. The molecule has 14 heteroatoms. The number of benzene rings is 2. The summed E-state index contributed by atoms with van der Waals surface area (Å²) in [5, 5.41) is 19.8. The number of nitrogens with zero attached hydrogens (tertiary/aromatic N) is 7. The lowest BCUT2D eigenvalue weighted by Crippen LogP contribution is -2.43. The van der Waals surface area contributed by atoms with Crippen LogP contribution in [0.5, 0.6) is 0 Å². The van der Waals surface area contributed by atoms with Crippen molar-refractivity contribution in [1.29, 1.82) is 5.26 Å². The molecule has 1 fully saturated rings. The van der Waals surface area contributed by atoms with Gasteiger partial charge in [0, 0.05) is 25.4 Å². The van der Waals surface area contributed by atoms with Crippen LogP contribution >= 0.6 is 11.8 Å². The molecule has 5 rings (SSSR count). The van der Waals surface area contributed by atoms with E-state index in [2.05, 4.69) is 20.6 Å². The fraction of sp³-hybridized carbons (Fsp3) is 0.269. The zero-order valence-corrected chi connectivity index (χ0v) is 22.2. The van der Waals surface area contributed by atoms with Crippen LogP contribution in [0.15, 0.2) is 53.6 Å². The van der Waals surface area contributed by atoms with Gasteiger partial charge in [0.1, 0.15) is 5.52 Å². The molecule has 1 unspecified atom stereocenters. The molecule has 0 spiro atoms. The van der Waals surface area contributed by atoms with Gasteiger partial charge in [-0.2, -0.15) is 9.94 Å². The summed E-state index contributed by atoms with van der Waals surface area (Å²) >= 11 is 0.972. The molecular formula is C26H23F2N8O3S+. The number of quaternary nitrogens is 1. The summed E-state index contributed by atoms with van der Waals surface area (Å²) in [5.74, 6) is -1.46. The first-order valence-electron chi connectivity index (χ1n) is 12.3. The molecule has 1 aliphatic heterocycles. The highest BCUT2D eigenvalue weighted by atomic mass is 32.2. The van der Waals surface area contributed by atoms with Crippen molar-refractivity contribution in [2.75, 3.05) is 19.8 Å². The summed E-state index contributed by atoms with van der Waals surface area (Å²) in [4.78, 5) is 42.2. The largest absolute Gasteiger partial charge is 0.343 e. The van der Waals surface area contributed by atoms with E-state index in [1.54, 1.807) is 36.4 Å². The number of nitriles is 1. The lowest BCUT2D eigenvalue weighted by Gasteiger charge is -2.17. The number of hydrogen-bond acceptors (Lipinski definition) is 8. The van der Waals surface area contributed by atoms with Crippen LogP contribution in [-0.2, 0) is 4.79 Å². The molecule has 11 nitrogen and oxygen atoms in total. The number of pyridine rings is 1. The molecule has 40 heavy (non-hydrogen) atoms. The number of carbonyl (C=O) groups excluding carboxylic acids is 3. The highest BCUT2D eigenvalue weighted by Gasteiger charge is 2.50. The molecule has 204 valence electrons. The molecule has 2 aromatic carbocycles. The zero-order valence-electron chi connectivity index (χ0n) is 21.4. The molecular weight excluding hydrogens is 542 g/mol. The summed E-state index contributed by atoms with van der Waals surface area (Å²) in [6.07, 6.45) is 1.45. The highest BCUT2D eigenvalue weighted by Crippen LogP contribution is 2.36. The summed E-state index contributed by atoms with van der Waals surface area (Å²) in [6, 6.07) is 12.4. The first-order chi connectivity index (χ1) is 19.1. The Labute approximate surface area is 230 Å². The average molecular weight is 566 g/mol. The third kappa shape index (κ3) is 5.08. The molecule has 1 aliphatic rings. The standard InChI is InChI=1S/C26H22F2N8O3S/c1-15(2)23-21(40-26(39)35-20-6-4-3-5-19(20)32-33-35)8-7-17-18(9-10-30-24(17)23)25(38)31-12-22(37)34-14-36(27,28)13-16(34)11-29/h3-10,15-16H,12-14H2,1-2H3/p+1. The molecule has 1 N–H and O–H groups in total. The fourth-order valence-electron chi connectivity index (χ4n) is 4.65. The number of carbonyl (C=O) groups is 3. The Bertz CT molecular complexity index is 1700. The molecule has 2 amide bonds. The average Bonchev–Trinajstić information content (AvgIpc) is 3.51. The maximum Gasteiger partial charge on any atom is 0.312 e. The van der Waals surface area contributed by atoms with Gasteiger partial charge in [-0.05, 0) is 47.5 Å². The van der Waals surface area contributed by atoms with Crippen LogP contribution in [0, 0.1) is 11.3 Å². The van der Waals surface area contributed by atoms with Crippen LogP contribution in [0.4, 0.5) is 13.8 Å². The van der Waals surface area contributed by atoms with Gasteiger partial charge < -0.3 is 5.32 Å². The number of hydrogen-bond donors (Lipinski definition) is 1. The monoisotopic (exact) mass is 565 g/mol. The number of halogens is 2. The molecule has 1 atom stereocenters. The third-order valence-electron chi connectivity index (χ3n) is 6.50. The number of nitrogens with one attached hydrogen (secondary N) is 1. The van der Waals surface area contributed by atoms with Crippen LogP contribution < -0.4 is 5.32 Å². The van der Waals surface area contributed by atoms with Crippen LogP contribution in [0.1, 0.15) is 35.7 Å². The van der Waals surface area contributed by atoms with Crippen molar-refractivity contribution >= 4 is 50.8 Å². The summed E-state index contributed by atoms with van der Waals surface area (Å²) in [5.41, 5.74) is 2.66. The SMILES string of the molecule is CC(C)c1c(SC(=O)n2nnc3ccccc32)ccc2c(C(=O)NCC(=O)N3C[N+](F)(F)CC3C#N)ccnc12. The van der Waals surface area contributed by atoms with E-state index in [9.17, 15) is 23.3 Å². The van der Waals surface area contributed by atoms with Gasteiger partial charge in [0.15, 0.2) is 12.6 Å². The zero-order chi connectivity index (χ0) is 28.6. The van der Waals surface area contributed by atoms with Gasteiger partial charge in [0.05, 0.1) is 34.1 Å². The maximum absolute atomic E-state index is 13.7. The molecule has 0 bridgehead atoms. The van der Waals surface area contributed by atoms with Crippen molar-refractivity contribution in [3.05, 3.63) is 59.8 Å². The number of amides is 2. The van der Waals surface area contributed by atoms with Crippen LogP contribution in [0.3, 0.4) is 0 Å². The molecule has 0 radical (unpaired) electrons. The van der Waals surface area contributed by atoms with Crippen molar-refractivity contribution in [1.82, 2.24) is 30.2 Å². The second-order valence-corrected chi connectivity index (χ2v) is 10.5. The van der Waals surface area contributed by atoms with Crippen LogP contribution in [0.2, 0.25) is 0 Å².